The van der Waals surface area contributed by atoms with Crippen molar-refractivity contribution in [1.82, 2.24) is 0 Å². The Kier molecular flexibility index (Phi) is 2.67. The van der Waals surface area contributed by atoms with Gasteiger partial charge in [-0.05, 0) is 36.5 Å². The zero-order chi connectivity index (χ0) is 10.2. The van der Waals surface area contributed by atoms with Crippen molar-refractivity contribution in [3.63, 3.8) is 0 Å². The van der Waals surface area contributed by atoms with Crippen LogP contribution in [0.25, 0.3) is 0 Å². The Morgan fingerprint density at radius 1 is 1.50 bits per heavy atom. The molecule has 0 amide bonds. The molecule has 1 aliphatic rings. The minimum Gasteiger partial charge on any atom is -0.321 e. The smallest absolute Gasteiger partial charge is 0.0415 e. The normalized spacial score (nSPS) is 31.2. The number of hydrogen-bond donors (Lipinski definition) is 1. The standard InChI is InChI=1S/C12H16BrN/c1-2-9-7-12(14,8-9)10-4-3-5-11(13)6-10/h3-6,9H,2,7-8,14H2,1H3. The second kappa shape index (κ2) is 3.67. The molecule has 14 heavy (non-hydrogen) atoms. The van der Waals surface area contributed by atoms with Crippen LogP contribution in [0, 0.1) is 5.92 Å². The molecule has 1 saturated carbocycles. The number of nitrogens with two attached hydrogens (primary N) is 1. The molecule has 76 valence electrons. The second-order valence-electron chi connectivity index (χ2n) is 4.35. The molecule has 2 N–H and O–H groups in total. The maximum Gasteiger partial charge on any atom is 0.0415 e. The highest BCUT2D eigenvalue weighted by Crippen LogP contribution is 2.45. The fourth-order valence-electron chi connectivity index (χ4n) is 2.29. The van der Waals surface area contributed by atoms with Crippen LogP contribution in [0.5, 0.6) is 0 Å². The van der Waals surface area contributed by atoms with E-state index in [-0.39, 0.29) is 5.54 Å². The molecule has 0 aliphatic heterocycles. The van der Waals surface area contributed by atoms with E-state index in [2.05, 4.69) is 41.1 Å². The van der Waals surface area contributed by atoms with E-state index in [1.165, 1.54) is 12.0 Å². The average Bonchev–Trinajstić information content (AvgIpc) is 2.13. The van der Waals surface area contributed by atoms with E-state index in [4.69, 9.17) is 5.73 Å². The van der Waals surface area contributed by atoms with Crippen molar-refractivity contribution in [1.29, 1.82) is 0 Å². The molecule has 1 aromatic carbocycles. The molecule has 0 unspecified atom stereocenters. The number of hydrogen-bond acceptors (Lipinski definition) is 1. The van der Waals surface area contributed by atoms with Crippen LogP contribution >= 0.6 is 15.9 Å². The lowest BCUT2D eigenvalue weighted by molar-refractivity contribution is 0.143. The molecular weight excluding hydrogens is 238 g/mol. The highest BCUT2D eigenvalue weighted by atomic mass is 79.9. The minimum absolute atomic E-state index is 0.0511. The maximum atomic E-state index is 6.34. The van der Waals surface area contributed by atoms with Gasteiger partial charge in [0.2, 0.25) is 0 Å². The van der Waals surface area contributed by atoms with Crippen LogP contribution < -0.4 is 5.73 Å². The molecule has 0 spiro atoms. The van der Waals surface area contributed by atoms with Crippen LogP contribution in [0.4, 0.5) is 0 Å². The molecule has 2 rings (SSSR count). The first kappa shape index (κ1) is 10.2. The first-order chi connectivity index (χ1) is 6.64. The van der Waals surface area contributed by atoms with Crippen LogP contribution in [0.3, 0.4) is 0 Å². The number of benzene rings is 1. The molecule has 1 aliphatic carbocycles. The van der Waals surface area contributed by atoms with Gasteiger partial charge in [-0.2, -0.15) is 0 Å². The van der Waals surface area contributed by atoms with Gasteiger partial charge in [-0.3, -0.25) is 0 Å². The lowest BCUT2D eigenvalue weighted by Crippen LogP contribution is -2.48. The largest absolute Gasteiger partial charge is 0.321 e. The van der Waals surface area contributed by atoms with Gasteiger partial charge in [0.05, 0.1) is 0 Å². The fourth-order valence-corrected chi connectivity index (χ4v) is 2.69. The monoisotopic (exact) mass is 253 g/mol. The summed E-state index contributed by atoms with van der Waals surface area (Å²) in [5, 5.41) is 0. The topological polar surface area (TPSA) is 26.0 Å². The quantitative estimate of drug-likeness (QED) is 0.859. The number of halogens is 1. The molecule has 0 heterocycles. The van der Waals surface area contributed by atoms with E-state index in [0.29, 0.717) is 0 Å². The summed E-state index contributed by atoms with van der Waals surface area (Å²) >= 11 is 3.48. The minimum atomic E-state index is -0.0511. The highest BCUT2D eigenvalue weighted by molar-refractivity contribution is 9.10. The van der Waals surface area contributed by atoms with Crippen LogP contribution in [0.2, 0.25) is 0 Å². The van der Waals surface area contributed by atoms with Crippen molar-refractivity contribution >= 4 is 15.9 Å². The van der Waals surface area contributed by atoms with Crippen molar-refractivity contribution in [2.45, 2.75) is 31.7 Å². The van der Waals surface area contributed by atoms with Gasteiger partial charge in [-0.15, -0.1) is 0 Å². The zero-order valence-electron chi connectivity index (χ0n) is 8.46. The van der Waals surface area contributed by atoms with Crippen LogP contribution in [0.1, 0.15) is 31.7 Å². The molecule has 1 fully saturated rings. The third-order valence-corrected chi connectivity index (χ3v) is 3.78. The second-order valence-corrected chi connectivity index (χ2v) is 5.26. The molecule has 0 aromatic heterocycles. The van der Waals surface area contributed by atoms with Crippen LogP contribution in [-0.2, 0) is 5.54 Å². The van der Waals surface area contributed by atoms with E-state index in [1.54, 1.807) is 0 Å². The Morgan fingerprint density at radius 2 is 2.21 bits per heavy atom. The molecule has 0 atom stereocenters. The fraction of sp³-hybridized carbons (Fsp3) is 0.500. The molecule has 0 saturated heterocycles. The van der Waals surface area contributed by atoms with Gasteiger partial charge in [0.15, 0.2) is 0 Å². The average molecular weight is 254 g/mol. The van der Waals surface area contributed by atoms with Gasteiger partial charge in [-0.1, -0.05) is 41.4 Å². The summed E-state index contributed by atoms with van der Waals surface area (Å²) in [4.78, 5) is 0. The Morgan fingerprint density at radius 3 is 2.79 bits per heavy atom. The summed E-state index contributed by atoms with van der Waals surface area (Å²) in [6, 6.07) is 8.39. The Hall–Kier alpha value is -0.340. The van der Waals surface area contributed by atoms with E-state index in [9.17, 15) is 0 Å². The third-order valence-electron chi connectivity index (χ3n) is 3.28. The molecule has 2 heteroatoms. The predicted molar refractivity (Wildman–Crippen MR) is 63.0 cm³/mol. The first-order valence-corrected chi connectivity index (χ1v) is 5.98. The molecule has 0 radical (unpaired) electrons. The van der Waals surface area contributed by atoms with Crippen molar-refractivity contribution in [2.75, 3.05) is 0 Å². The molecule has 1 aromatic rings. The summed E-state index contributed by atoms with van der Waals surface area (Å²) in [5.74, 6) is 0.832. The predicted octanol–water partition coefficient (Wildman–Crippen LogP) is 3.42. The Labute approximate surface area is 93.8 Å². The lowest BCUT2D eigenvalue weighted by atomic mass is 9.64. The van der Waals surface area contributed by atoms with Gasteiger partial charge in [0.25, 0.3) is 0 Å². The van der Waals surface area contributed by atoms with E-state index >= 15 is 0 Å². The molecule has 1 nitrogen and oxygen atoms in total. The summed E-state index contributed by atoms with van der Waals surface area (Å²) in [7, 11) is 0. The zero-order valence-corrected chi connectivity index (χ0v) is 10.0. The highest BCUT2D eigenvalue weighted by Gasteiger charge is 2.41. The van der Waals surface area contributed by atoms with Gasteiger partial charge >= 0.3 is 0 Å². The Bertz CT molecular complexity index is 329. The van der Waals surface area contributed by atoms with Crippen LogP contribution in [0.15, 0.2) is 28.7 Å². The summed E-state index contributed by atoms with van der Waals surface area (Å²) in [6.07, 6.45) is 3.53. The van der Waals surface area contributed by atoms with E-state index < -0.39 is 0 Å². The lowest BCUT2D eigenvalue weighted by Gasteiger charge is -2.45. The number of rotatable bonds is 2. The van der Waals surface area contributed by atoms with E-state index in [1.807, 2.05) is 6.07 Å². The molecule has 0 bridgehead atoms. The maximum absolute atomic E-state index is 6.34. The van der Waals surface area contributed by atoms with Crippen LogP contribution in [-0.4, -0.2) is 0 Å². The van der Waals surface area contributed by atoms with Crippen molar-refractivity contribution in [2.24, 2.45) is 11.7 Å². The summed E-state index contributed by atoms with van der Waals surface area (Å²) in [6.45, 7) is 2.24. The van der Waals surface area contributed by atoms with Crippen molar-refractivity contribution in [3.8, 4) is 0 Å². The molecular formula is C12H16BrN. The summed E-state index contributed by atoms with van der Waals surface area (Å²) in [5.41, 5.74) is 7.56. The first-order valence-electron chi connectivity index (χ1n) is 5.19. The van der Waals surface area contributed by atoms with Gasteiger partial charge in [-0.25, -0.2) is 0 Å². The summed E-state index contributed by atoms with van der Waals surface area (Å²) < 4.78 is 1.12. The third kappa shape index (κ3) is 1.73. The van der Waals surface area contributed by atoms with E-state index in [0.717, 1.165) is 23.2 Å². The SMILES string of the molecule is CCC1CC(N)(c2cccc(Br)c2)C1. The van der Waals surface area contributed by atoms with Gasteiger partial charge < -0.3 is 5.73 Å². The van der Waals surface area contributed by atoms with Crippen molar-refractivity contribution in [3.05, 3.63) is 34.3 Å². The van der Waals surface area contributed by atoms with Crippen molar-refractivity contribution < 1.29 is 0 Å². The Balaban J connectivity index is 2.16. The van der Waals surface area contributed by atoms with Gasteiger partial charge in [0, 0.05) is 10.0 Å². The van der Waals surface area contributed by atoms with Gasteiger partial charge in [0.1, 0.15) is 0 Å².